The molecule has 2 saturated heterocycles. The van der Waals surface area contributed by atoms with E-state index in [1.165, 1.54) is 21.6 Å². The molecule has 524 valence electrons. The van der Waals surface area contributed by atoms with Crippen LogP contribution in [0.15, 0.2) is 65.7 Å². The van der Waals surface area contributed by atoms with Crippen molar-refractivity contribution in [2.45, 2.75) is 183 Å². The topological polar surface area (TPSA) is 513 Å². The molecular weight excluding hydrogens is 1250 g/mol. The molecule has 32 heteroatoms. The van der Waals surface area contributed by atoms with Gasteiger partial charge in [-0.15, -0.1) is 0 Å². The molecule has 0 bridgehead atoms. The Bertz CT molecular complexity index is 2960. The third kappa shape index (κ3) is 27.5. The maximum atomic E-state index is 14.7. The van der Waals surface area contributed by atoms with Gasteiger partial charge in [0.1, 0.15) is 54.4 Å². The number of primary amides is 2. The predicted octanol–water partition coefficient (Wildman–Crippen LogP) is -3.11. The lowest BCUT2D eigenvalue weighted by molar-refractivity contribution is -0.144. The Labute approximate surface area is 557 Å². The Morgan fingerprint density at radius 1 is 0.558 bits per heavy atom. The maximum absolute atomic E-state index is 14.7. The lowest BCUT2D eigenvalue weighted by Crippen LogP contribution is -2.60. The van der Waals surface area contributed by atoms with Crippen molar-refractivity contribution in [2.24, 2.45) is 45.3 Å². The maximum Gasteiger partial charge on any atom is 0.326 e. The van der Waals surface area contributed by atoms with E-state index >= 15 is 0 Å². The van der Waals surface area contributed by atoms with Crippen LogP contribution in [0.3, 0.4) is 0 Å². The number of carboxylic acids is 1. The Morgan fingerprint density at radius 3 is 1.53 bits per heavy atom. The van der Waals surface area contributed by atoms with Crippen LogP contribution in [0.25, 0.3) is 0 Å². The van der Waals surface area contributed by atoms with Crippen molar-refractivity contribution in [1.29, 1.82) is 0 Å². The molecule has 95 heavy (non-hydrogen) atoms. The molecule has 0 unspecified atom stereocenters. The first kappa shape index (κ1) is 78.5. The first-order valence-corrected chi connectivity index (χ1v) is 33.5. The van der Waals surface area contributed by atoms with Crippen molar-refractivity contribution < 1.29 is 67.4 Å². The summed E-state index contributed by atoms with van der Waals surface area (Å²) < 4.78 is 0. The Balaban J connectivity index is 1.56. The number of carbonyl (C=O) groups is 13. The number of carboxylic acid groups (broad SMARTS) is 1. The number of hydrogen-bond donors (Lipinski definition) is 15. The molecule has 0 saturated carbocycles. The average molecular weight is 1350 g/mol. The largest absolute Gasteiger partial charge is 0.480 e. The quantitative estimate of drug-likeness (QED) is 0.0178. The van der Waals surface area contributed by atoms with E-state index in [0.29, 0.717) is 55.4 Å². The Hall–Kier alpha value is -8.91. The molecule has 0 aromatic heterocycles. The number of guanidine groups is 1. The summed E-state index contributed by atoms with van der Waals surface area (Å²) >= 11 is 1.40. The summed E-state index contributed by atoms with van der Waals surface area (Å²) in [5.74, 6) is -10.6. The van der Waals surface area contributed by atoms with Gasteiger partial charge >= 0.3 is 5.97 Å². The summed E-state index contributed by atoms with van der Waals surface area (Å²) in [4.78, 5) is 184. The number of nitrogens with two attached hydrogens (primary N) is 6. The number of rotatable bonds is 42. The molecule has 31 nitrogen and oxygen atoms in total. The molecule has 2 aliphatic rings. The molecule has 21 N–H and O–H groups in total. The number of aliphatic carboxylic acids is 1. The minimum absolute atomic E-state index is 0.0706. The highest BCUT2D eigenvalue weighted by Crippen LogP contribution is 2.24. The van der Waals surface area contributed by atoms with Gasteiger partial charge in [0.05, 0.1) is 12.6 Å². The van der Waals surface area contributed by atoms with Crippen molar-refractivity contribution in [3.8, 4) is 0 Å². The summed E-state index contributed by atoms with van der Waals surface area (Å²) in [6, 6.07) is 4.12. The van der Waals surface area contributed by atoms with Gasteiger partial charge in [-0.25, -0.2) is 4.79 Å². The summed E-state index contributed by atoms with van der Waals surface area (Å²) in [5, 5.41) is 30.6. The number of unbranched alkanes of at least 4 members (excludes halogenated alkanes) is 1. The van der Waals surface area contributed by atoms with Gasteiger partial charge in [0.15, 0.2) is 5.96 Å². The summed E-state index contributed by atoms with van der Waals surface area (Å²) in [6.45, 7) is 3.78. The summed E-state index contributed by atoms with van der Waals surface area (Å²) in [6.07, 6.45) is 2.86. The molecule has 12 amide bonds. The fourth-order valence-corrected chi connectivity index (χ4v) is 11.5. The van der Waals surface area contributed by atoms with E-state index in [1.54, 1.807) is 80.8 Å². The fraction of sp³-hybridized carbons (Fsp3) is 0.587. The van der Waals surface area contributed by atoms with Crippen LogP contribution in [0.2, 0.25) is 0 Å². The highest BCUT2D eigenvalue weighted by molar-refractivity contribution is 7.98. The molecule has 0 aliphatic carbocycles. The lowest BCUT2D eigenvalue weighted by atomic mass is 10.0. The van der Waals surface area contributed by atoms with E-state index < -0.39 is 170 Å². The van der Waals surface area contributed by atoms with Gasteiger partial charge in [0, 0.05) is 45.3 Å². The number of amides is 12. The fourth-order valence-electron chi connectivity index (χ4n) is 11.0. The van der Waals surface area contributed by atoms with Gasteiger partial charge in [-0.05, 0) is 119 Å². The molecule has 4 rings (SSSR count). The molecular formula is C63H97N17O14S. The second-order valence-corrected chi connectivity index (χ2v) is 25.0. The van der Waals surface area contributed by atoms with E-state index in [9.17, 15) is 67.4 Å². The van der Waals surface area contributed by atoms with Crippen LogP contribution in [0, 0.1) is 5.92 Å². The average Bonchev–Trinajstić information content (AvgIpc) is 1.74. The molecule has 2 aromatic rings. The van der Waals surface area contributed by atoms with Gasteiger partial charge in [-0.2, -0.15) is 11.8 Å². The zero-order valence-electron chi connectivity index (χ0n) is 54.4. The zero-order chi connectivity index (χ0) is 70.1. The van der Waals surface area contributed by atoms with Crippen molar-refractivity contribution in [1.82, 2.24) is 52.3 Å². The summed E-state index contributed by atoms with van der Waals surface area (Å²) in [5.41, 5.74) is 35.0. The zero-order valence-corrected chi connectivity index (χ0v) is 55.2. The van der Waals surface area contributed by atoms with Gasteiger partial charge in [-0.1, -0.05) is 74.5 Å². The smallest absolute Gasteiger partial charge is 0.326 e. The van der Waals surface area contributed by atoms with E-state index in [0.717, 1.165) is 0 Å². The SMILES string of the molecule is CSCC[C@H](NC(=O)[C@H](CC(C)C)NC(=O)CNC(=O)[C@H](Cc1ccccc1)NC(=O)[C@H](Cc1ccccc1)NC(=O)[C@@H](CCC(N)=O)NC(=O)[C@H](CCC(N)=O)NC(=O)[C@@H]1CCCN1C(=O)[C@@H](CCCCN)NC(=O)[C@H]1CCCN1C(=O)[C@H](N)CCCN=C(N)N)C(=O)O. The van der Waals surface area contributed by atoms with Crippen LogP contribution in [0.5, 0.6) is 0 Å². The van der Waals surface area contributed by atoms with Gasteiger partial charge < -0.3 is 91.8 Å². The third-order valence-electron chi connectivity index (χ3n) is 16.0. The summed E-state index contributed by atoms with van der Waals surface area (Å²) in [7, 11) is 0. The molecule has 10 atom stereocenters. The highest BCUT2D eigenvalue weighted by atomic mass is 32.2. The van der Waals surface area contributed by atoms with Crippen molar-refractivity contribution in [3.63, 3.8) is 0 Å². The van der Waals surface area contributed by atoms with Gasteiger partial charge in [0.25, 0.3) is 0 Å². The lowest BCUT2D eigenvalue weighted by Gasteiger charge is -2.32. The van der Waals surface area contributed by atoms with Crippen molar-refractivity contribution >= 4 is 94.6 Å². The number of thioether (sulfide) groups is 1. The third-order valence-corrected chi connectivity index (χ3v) is 16.6. The number of aliphatic imine (C=N–C) groups is 1. The first-order chi connectivity index (χ1) is 45.2. The van der Waals surface area contributed by atoms with E-state index in [2.05, 4.69) is 47.5 Å². The molecule has 2 aromatic carbocycles. The van der Waals surface area contributed by atoms with Gasteiger partial charge in [0.2, 0.25) is 70.9 Å². The van der Waals surface area contributed by atoms with Gasteiger partial charge in [-0.3, -0.25) is 62.5 Å². The van der Waals surface area contributed by atoms with Crippen LogP contribution < -0.4 is 76.9 Å². The van der Waals surface area contributed by atoms with Crippen molar-refractivity contribution in [2.75, 3.05) is 44.7 Å². The van der Waals surface area contributed by atoms with Crippen LogP contribution in [-0.2, 0) is 75.2 Å². The van der Waals surface area contributed by atoms with Crippen LogP contribution in [-0.4, -0.2) is 203 Å². The number of likely N-dealkylation sites (tertiary alicyclic amines) is 2. The molecule has 0 spiro atoms. The first-order valence-electron chi connectivity index (χ1n) is 32.1. The molecule has 2 fully saturated rings. The Kier molecular flexibility index (Phi) is 33.9. The second-order valence-electron chi connectivity index (χ2n) is 24.1. The van der Waals surface area contributed by atoms with Crippen molar-refractivity contribution in [3.05, 3.63) is 71.8 Å². The minimum Gasteiger partial charge on any atom is -0.480 e. The molecule has 0 radical (unpaired) electrons. The van der Waals surface area contributed by atoms with Crippen LogP contribution >= 0.6 is 11.8 Å². The number of nitrogens with zero attached hydrogens (tertiary/aromatic N) is 3. The number of nitrogens with one attached hydrogen (secondary N) is 8. The normalized spacial score (nSPS) is 16.8. The number of hydrogen-bond acceptors (Lipinski definition) is 17. The minimum atomic E-state index is -1.65. The predicted molar refractivity (Wildman–Crippen MR) is 354 cm³/mol. The second kappa shape index (κ2) is 41.0. The molecule has 2 aliphatic heterocycles. The monoisotopic (exact) mass is 1350 g/mol. The van der Waals surface area contributed by atoms with E-state index in [1.807, 2.05) is 0 Å². The Morgan fingerprint density at radius 2 is 1.03 bits per heavy atom. The van der Waals surface area contributed by atoms with Crippen LogP contribution in [0.4, 0.5) is 0 Å². The van der Waals surface area contributed by atoms with E-state index in [-0.39, 0.29) is 83.0 Å². The molecule has 2 heterocycles. The highest BCUT2D eigenvalue weighted by Gasteiger charge is 2.42. The van der Waals surface area contributed by atoms with E-state index in [4.69, 9.17) is 34.4 Å². The van der Waals surface area contributed by atoms with Crippen LogP contribution in [0.1, 0.15) is 121 Å². The standard InChI is InChI=1S/C63H97N17O14S/c1-37(2)33-45(56(87)76-44(62(93)94)27-32-95-3)72-52(83)36-71-53(84)46(34-38-15-6-4-7-16-38)77-57(88)47(35-39-17-8-5-9-18-39)78-55(86)41(23-25-50(66)81)73-54(85)42(24-26-51(67)82)74-58(89)49-22-14-31-80(49)61(92)43(20-10-11-28-64)75-59(90)48-21-13-30-79(48)60(91)40(65)19-12-29-70-63(68)69/h4-9,15-18,37,40-49H,10-14,19-36,64-65H2,1-3H3,(H2,66,81)(H2,67,82)(H,71,84)(H,72,83)(H,73,85)(H,74,89)(H,75,90)(H,76,87)(H,77,88)(H,78,86)(H,93,94)(H4,68,69,70)/t40-,41-,42+,43-,44+,45+,46+,47+,48-,49+/m1/s1. The number of benzene rings is 2. The number of carbonyl (C=O) groups excluding carboxylic acids is 12.